The summed E-state index contributed by atoms with van der Waals surface area (Å²) in [5.74, 6) is 0.927. The standard InChI is InChI=1S/C15H23N3O2/c1-15(2)14(19)17(3)7-8-18(15)9-10-20-13-6-4-5-12(16)11-13/h4-6,11H,7-10,16H2,1-3H3. The third-order valence-electron chi connectivity index (χ3n) is 3.85. The fourth-order valence-corrected chi connectivity index (χ4v) is 2.52. The number of carbonyl (C=O) groups is 1. The molecule has 5 heteroatoms. The van der Waals surface area contributed by atoms with E-state index in [1.165, 1.54) is 0 Å². The number of amides is 1. The highest BCUT2D eigenvalue weighted by molar-refractivity contribution is 5.86. The maximum atomic E-state index is 12.2. The van der Waals surface area contributed by atoms with E-state index in [1.54, 1.807) is 11.0 Å². The molecular weight excluding hydrogens is 254 g/mol. The minimum absolute atomic E-state index is 0.160. The van der Waals surface area contributed by atoms with Gasteiger partial charge < -0.3 is 15.4 Å². The summed E-state index contributed by atoms with van der Waals surface area (Å²) in [5, 5.41) is 0. The molecule has 1 saturated heterocycles. The summed E-state index contributed by atoms with van der Waals surface area (Å²) in [6.45, 7) is 6.83. The molecule has 0 unspecified atom stereocenters. The first-order valence-electron chi connectivity index (χ1n) is 6.90. The quantitative estimate of drug-likeness (QED) is 0.840. The molecule has 2 rings (SSSR count). The Bertz CT molecular complexity index is 488. The van der Waals surface area contributed by atoms with Gasteiger partial charge in [0, 0.05) is 38.4 Å². The van der Waals surface area contributed by atoms with Gasteiger partial charge in [-0.3, -0.25) is 9.69 Å². The highest BCUT2D eigenvalue weighted by atomic mass is 16.5. The molecule has 0 atom stereocenters. The fourth-order valence-electron chi connectivity index (χ4n) is 2.52. The molecule has 0 spiro atoms. The minimum Gasteiger partial charge on any atom is -0.492 e. The number of nitrogen functional groups attached to an aromatic ring is 1. The Morgan fingerprint density at radius 3 is 2.80 bits per heavy atom. The van der Waals surface area contributed by atoms with Crippen molar-refractivity contribution in [3.63, 3.8) is 0 Å². The highest BCUT2D eigenvalue weighted by Crippen LogP contribution is 2.21. The van der Waals surface area contributed by atoms with E-state index in [4.69, 9.17) is 10.5 Å². The lowest BCUT2D eigenvalue weighted by atomic mass is 9.98. The number of rotatable bonds is 4. The SMILES string of the molecule is CN1CCN(CCOc2cccc(N)c2)C(C)(C)C1=O. The van der Waals surface area contributed by atoms with Gasteiger partial charge in [0.05, 0.1) is 5.54 Å². The Morgan fingerprint density at radius 2 is 2.10 bits per heavy atom. The van der Waals surface area contributed by atoms with Gasteiger partial charge >= 0.3 is 0 Å². The first kappa shape index (κ1) is 14.7. The van der Waals surface area contributed by atoms with Crippen molar-refractivity contribution in [3.8, 4) is 5.75 Å². The molecule has 0 saturated carbocycles. The number of nitrogens with zero attached hydrogens (tertiary/aromatic N) is 2. The zero-order chi connectivity index (χ0) is 14.8. The lowest BCUT2D eigenvalue weighted by Crippen LogP contribution is -2.62. The molecule has 1 aromatic carbocycles. The van der Waals surface area contributed by atoms with Crippen molar-refractivity contribution >= 4 is 11.6 Å². The van der Waals surface area contributed by atoms with Crippen LogP contribution in [0.2, 0.25) is 0 Å². The first-order valence-corrected chi connectivity index (χ1v) is 6.90. The Labute approximate surface area is 120 Å². The number of hydrogen-bond acceptors (Lipinski definition) is 4. The lowest BCUT2D eigenvalue weighted by molar-refractivity contribution is -0.147. The minimum atomic E-state index is -0.466. The Hall–Kier alpha value is -1.75. The van der Waals surface area contributed by atoms with E-state index in [-0.39, 0.29) is 5.91 Å². The average molecular weight is 277 g/mol. The number of anilines is 1. The lowest BCUT2D eigenvalue weighted by Gasteiger charge is -2.44. The van der Waals surface area contributed by atoms with Crippen LogP contribution in [0.4, 0.5) is 5.69 Å². The topological polar surface area (TPSA) is 58.8 Å². The summed E-state index contributed by atoms with van der Waals surface area (Å²) in [4.78, 5) is 16.1. The van der Waals surface area contributed by atoms with Crippen LogP contribution < -0.4 is 10.5 Å². The summed E-state index contributed by atoms with van der Waals surface area (Å²) < 4.78 is 5.70. The molecule has 2 N–H and O–H groups in total. The number of piperazine rings is 1. The third-order valence-corrected chi connectivity index (χ3v) is 3.85. The number of ether oxygens (including phenoxy) is 1. The van der Waals surface area contributed by atoms with Crippen molar-refractivity contribution in [3.05, 3.63) is 24.3 Å². The van der Waals surface area contributed by atoms with Crippen molar-refractivity contribution in [2.24, 2.45) is 0 Å². The first-order chi connectivity index (χ1) is 9.41. The third kappa shape index (κ3) is 3.04. The molecule has 0 bridgehead atoms. The highest BCUT2D eigenvalue weighted by Gasteiger charge is 2.39. The van der Waals surface area contributed by atoms with Crippen LogP contribution in [0, 0.1) is 0 Å². The predicted molar refractivity (Wildman–Crippen MR) is 79.6 cm³/mol. The van der Waals surface area contributed by atoms with Gasteiger partial charge in [-0.2, -0.15) is 0 Å². The zero-order valence-corrected chi connectivity index (χ0v) is 12.4. The van der Waals surface area contributed by atoms with Crippen molar-refractivity contribution in [1.29, 1.82) is 0 Å². The molecule has 0 aromatic heterocycles. The second kappa shape index (κ2) is 5.71. The smallest absolute Gasteiger partial charge is 0.242 e. The molecule has 5 nitrogen and oxygen atoms in total. The van der Waals surface area contributed by atoms with Gasteiger partial charge in [-0.1, -0.05) is 6.07 Å². The molecule has 1 aliphatic rings. The average Bonchev–Trinajstić information content (AvgIpc) is 2.39. The van der Waals surface area contributed by atoms with Gasteiger partial charge in [-0.25, -0.2) is 0 Å². The summed E-state index contributed by atoms with van der Waals surface area (Å²) in [6, 6.07) is 7.39. The number of carbonyl (C=O) groups excluding carboxylic acids is 1. The van der Waals surface area contributed by atoms with E-state index in [2.05, 4.69) is 4.90 Å². The Kier molecular flexibility index (Phi) is 4.18. The summed E-state index contributed by atoms with van der Waals surface area (Å²) in [6.07, 6.45) is 0. The largest absolute Gasteiger partial charge is 0.492 e. The van der Waals surface area contributed by atoms with Gasteiger partial charge in [-0.15, -0.1) is 0 Å². The van der Waals surface area contributed by atoms with E-state index in [1.807, 2.05) is 39.1 Å². The van der Waals surface area contributed by atoms with Crippen molar-refractivity contribution in [2.45, 2.75) is 19.4 Å². The molecule has 1 fully saturated rings. The maximum absolute atomic E-state index is 12.2. The van der Waals surface area contributed by atoms with Crippen LogP contribution in [0.1, 0.15) is 13.8 Å². The molecule has 1 aliphatic heterocycles. The monoisotopic (exact) mass is 277 g/mol. The van der Waals surface area contributed by atoms with Crippen LogP contribution >= 0.6 is 0 Å². The van der Waals surface area contributed by atoms with Gasteiger partial charge in [0.15, 0.2) is 0 Å². The van der Waals surface area contributed by atoms with Crippen LogP contribution in [0.25, 0.3) is 0 Å². The summed E-state index contributed by atoms with van der Waals surface area (Å²) in [7, 11) is 1.85. The van der Waals surface area contributed by atoms with Crippen LogP contribution in [-0.4, -0.2) is 54.5 Å². The Balaban J connectivity index is 1.89. The van der Waals surface area contributed by atoms with Gasteiger partial charge in [0.2, 0.25) is 5.91 Å². The van der Waals surface area contributed by atoms with Gasteiger partial charge in [0.1, 0.15) is 12.4 Å². The molecular formula is C15H23N3O2. The van der Waals surface area contributed by atoms with Crippen molar-refractivity contribution < 1.29 is 9.53 Å². The molecule has 1 aromatic rings. The van der Waals surface area contributed by atoms with E-state index in [9.17, 15) is 4.79 Å². The van der Waals surface area contributed by atoms with Gasteiger partial charge in [0.25, 0.3) is 0 Å². The van der Waals surface area contributed by atoms with Crippen LogP contribution in [0.15, 0.2) is 24.3 Å². The molecule has 0 aliphatic carbocycles. The molecule has 20 heavy (non-hydrogen) atoms. The van der Waals surface area contributed by atoms with E-state index in [0.717, 1.165) is 25.4 Å². The summed E-state index contributed by atoms with van der Waals surface area (Å²) >= 11 is 0. The van der Waals surface area contributed by atoms with Gasteiger partial charge in [-0.05, 0) is 26.0 Å². The van der Waals surface area contributed by atoms with Crippen LogP contribution in [0.5, 0.6) is 5.75 Å². The van der Waals surface area contributed by atoms with E-state index >= 15 is 0 Å². The van der Waals surface area contributed by atoms with Crippen molar-refractivity contribution in [2.75, 3.05) is 39.0 Å². The van der Waals surface area contributed by atoms with E-state index < -0.39 is 5.54 Å². The Morgan fingerprint density at radius 1 is 1.35 bits per heavy atom. The maximum Gasteiger partial charge on any atom is 0.242 e. The summed E-state index contributed by atoms with van der Waals surface area (Å²) in [5.41, 5.74) is 5.94. The van der Waals surface area contributed by atoms with Crippen LogP contribution in [-0.2, 0) is 4.79 Å². The second-order valence-corrected chi connectivity index (χ2v) is 5.69. The predicted octanol–water partition coefficient (Wildman–Crippen LogP) is 1.20. The fraction of sp³-hybridized carbons (Fsp3) is 0.533. The molecule has 0 radical (unpaired) electrons. The molecule has 1 heterocycles. The van der Waals surface area contributed by atoms with E-state index in [0.29, 0.717) is 12.3 Å². The van der Waals surface area contributed by atoms with Crippen molar-refractivity contribution in [1.82, 2.24) is 9.80 Å². The molecule has 1 amide bonds. The zero-order valence-electron chi connectivity index (χ0n) is 12.4. The number of likely N-dealkylation sites (N-methyl/N-ethyl adjacent to an activating group) is 1. The van der Waals surface area contributed by atoms with Crippen LogP contribution in [0.3, 0.4) is 0 Å². The number of nitrogens with two attached hydrogens (primary N) is 1. The number of benzene rings is 1. The molecule has 110 valence electrons. The normalized spacial score (nSPS) is 19.1. The second-order valence-electron chi connectivity index (χ2n) is 5.69. The number of hydrogen-bond donors (Lipinski definition) is 1.